The minimum absolute atomic E-state index is 0.0296. The number of ether oxygens (including phenoxy) is 2. The maximum atomic E-state index is 10.9. The highest BCUT2D eigenvalue weighted by Gasteiger charge is 2.12. The number of nitrogens with zero attached hydrogens (tertiary/aromatic N) is 2. The van der Waals surface area contributed by atoms with E-state index in [1.807, 2.05) is 18.2 Å². The van der Waals surface area contributed by atoms with Crippen LogP contribution in [0.5, 0.6) is 11.5 Å². The summed E-state index contributed by atoms with van der Waals surface area (Å²) >= 11 is 0. The molecule has 0 bridgehead atoms. The van der Waals surface area contributed by atoms with Crippen LogP contribution in [0.4, 0.5) is 5.69 Å². The maximum absolute atomic E-state index is 10.9. The van der Waals surface area contributed by atoms with Crippen molar-refractivity contribution in [1.82, 2.24) is 4.98 Å². The van der Waals surface area contributed by atoms with Crippen molar-refractivity contribution in [3.05, 3.63) is 58.6 Å². The number of methoxy groups -OCH3 is 2. The zero-order valence-electron chi connectivity index (χ0n) is 12.6. The predicted octanol–water partition coefficient (Wildman–Crippen LogP) is 3.83. The highest BCUT2D eigenvalue weighted by Crippen LogP contribution is 2.34. The Kier molecular flexibility index (Phi) is 3.80. The molecule has 0 saturated carbocycles. The van der Waals surface area contributed by atoms with Gasteiger partial charge in [-0.05, 0) is 24.3 Å². The van der Waals surface area contributed by atoms with Crippen LogP contribution in [0.1, 0.15) is 0 Å². The lowest BCUT2D eigenvalue weighted by molar-refractivity contribution is -0.384. The second-order valence-electron chi connectivity index (χ2n) is 4.87. The minimum Gasteiger partial charge on any atom is -0.496 e. The summed E-state index contributed by atoms with van der Waals surface area (Å²) in [6.07, 6.45) is 0. The van der Waals surface area contributed by atoms with E-state index < -0.39 is 4.92 Å². The predicted molar refractivity (Wildman–Crippen MR) is 86.9 cm³/mol. The Bertz CT molecular complexity index is 893. The average molecular weight is 310 g/mol. The fraction of sp³-hybridized carbons (Fsp3) is 0.118. The average Bonchev–Trinajstić information content (AvgIpc) is 2.60. The number of aromatic nitrogens is 1. The molecule has 0 aliphatic rings. The molecule has 0 radical (unpaired) electrons. The minimum atomic E-state index is -0.422. The molecule has 0 spiro atoms. The fourth-order valence-electron chi connectivity index (χ4n) is 2.45. The van der Waals surface area contributed by atoms with Crippen molar-refractivity contribution in [3.8, 4) is 22.8 Å². The third-order valence-electron chi connectivity index (χ3n) is 3.57. The van der Waals surface area contributed by atoms with Crippen LogP contribution in [0.15, 0.2) is 48.5 Å². The Hall–Kier alpha value is -3.15. The van der Waals surface area contributed by atoms with E-state index in [0.29, 0.717) is 28.3 Å². The molecule has 0 aliphatic carbocycles. The molecule has 3 aromatic rings. The van der Waals surface area contributed by atoms with Gasteiger partial charge in [0.15, 0.2) is 0 Å². The number of nitro benzene ring substituents is 1. The second-order valence-corrected chi connectivity index (χ2v) is 4.87. The number of pyridine rings is 1. The van der Waals surface area contributed by atoms with E-state index in [0.717, 1.165) is 5.39 Å². The van der Waals surface area contributed by atoms with Gasteiger partial charge in [-0.3, -0.25) is 10.1 Å². The zero-order chi connectivity index (χ0) is 16.4. The van der Waals surface area contributed by atoms with Crippen molar-refractivity contribution < 1.29 is 14.4 Å². The summed E-state index contributed by atoms with van der Waals surface area (Å²) < 4.78 is 10.7. The zero-order valence-corrected chi connectivity index (χ0v) is 12.6. The first-order valence-corrected chi connectivity index (χ1v) is 6.90. The standard InChI is InChI=1S/C17H14N2O4/c1-22-15-8-9-16(23-2)17-13(15)6-7-14(18-17)11-4-3-5-12(10-11)19(20)21/h3-10H,1-2H3. The van der Waals surface area contributed by atoms with Gasteiger partial charge in [0, 0.05) is 23.1 Å². The smallest absolute Gasteiger partial charge is 0.270 e. The lowest BCUT2D eigenvalue weighted by Crippen LogP contribution is -1.94. The van der Waals surface area contributed by atoms with Crippen LogP contribution in [0.3, 0.4) is 0 Å². The Morgan fingerprint density at radius 1 is 1.00 bits per heavy atom. The van der Waals surface area contributed by atoms with E-state index in [1.54, 1.807) is 32.4 Å². The van der Waals surface area contributed by atoms with E-state index in [9.17, 15) is 10.1 Å². The normalized spacial score (nSPS) is 10.5. The summed E-state index contributed by atoms with van der Waals surface area (Å²) in [7, 11) is 3.17. The van der Waals surface area contributed by atoms with Gasteiger partial charge in [-0.25, -0.2) is 4.98 Å². The topological polar surface area (TPSA) is 74.5 Å². The van der Waals surface area contributed by atoms with Crippen LogP contribution in [0, 0.1) is 10.1 Å². The van der Waals surface area contributed by atoms with Gasteiger partial charge < -0.3 is 9.47 Å². The molecule has 0 saturated heterocycles. The van der Waals surface area contributed by atoms with Gasteiger partial charge in [-0.15, -0.1) is 0 Å². The molecule has 6 nitrogen and oxygen atoms in total. The molecule has 6 heteroatoms. The van der Waals surface area contributed by atoms with Crippen LogP contribution < -0.4 is 9.47 Å². The summed E-state index contributed by atoms with van der Waals surface area (Å²) in [6, 6.07) is 13.7. The third-order valence-corrected chi connectivity index (χ3v) is 3.57. The largest absolute Gasteiger partial charge is 0.496 e. The summed E-state index contributed by atoms with van der Waals surface area (Å²) in [6.45, 7) is 0. The summed E-state index contributed by atoms with van der Waals surface area (Å²) in [5.74, 6) is 1.31. The highest BCUT2D eigenvalue weighted by atomic mass is 16.6. The van der Waals surface area contributed by atoms with Crippen LogP contribution in [-0.2, 0) is 0 Å². The SMILES string of the molecule is COc1ccc(OC)c2nc(-c3cccc([N+](=O)[O-])c3)ccc12. The van der Waals surface area contributed by atoms with Crippen LogP contribution in [-0.4, -0.2) is 24.1 Å². The number of hydrogen-bond acceptors (Lipinski definition) is 5. The summed E-state index contributed by atoms with van der Waals surface area (Å²) in [5.41, 5.74) is 1.98. The number of fused-ring (bicyclic) bond motifs is 1. The lowest BCUT2D eigenvalue weighted by Gasteiger charge is -2.10. The molecule has 1 heterocycles. The molecule has 0 aliphatic heterocycles. The first kappa shape index (κ1) is 14.8. The van der Waals surface area contributed by atoms with Crippen LogP contribution in [0.25, 0.3) is 22.2 Å². The van der Waals surface area contributed by atoms with E-state index in [-0.39, 0.29) is 5.69 Å². The van der Waals surface area contributed by atoms with E-state index in [2.05, 4.69) is 4.98 Å². The number of non-ortho nitro benzene ring substituents is 1. The second kappa shape index (κ2) is 5.92. The number of nitro groups is 1. The molecule has 116 valence electrons. The van der Waals surface area contributed by atoms with E-state index in [1.165, 1.54) is 12.1 Å². The van der Waals surface area contributed by atoms with Crippen molar-refractivity contribution in [2.45, 2.75) is 0 Å². The van der Waals surface area contributed by atoms with Crippen LogP contribution >= 0.6 is 0 Å². The lowest BCUT2D eigenvalue weighted by atomic mass is 10.1. The number of hydrogen-bond donors (Lipinski definition) is 0. The monoisotopic (exact) mass is 310 g/mol. The molecule has 23 heavy (non-hydrogen) atoms. The van der Waals surface area contributed by atoms with E-state index >= 15 is 0 Å². The Morgan fingerprint density at radius 3 is 2.43 bits per heavy atom. The molecular formula is C17H14N2O4. The molecule has 1 aromatic heterocycles. The Balaban J connectivity index is 2.20. The van der Waals surface area contributed by atoms with Gasteiger partial charge in [0.1, 0.15) is 17.0 Å². The van der Waals surface area contributed by atoms with Gasteiger partial charge in [-0.1, -0.05) is 12.1 Å². The van der Waals surface area contributed by atoms with Crippen molar-refractivity contribution in [3.63, 3.8) is 0 Å². The van der Waals surface area contributed by atoms with Crippen molar-refractivity contribution in [2.24, 2.45) is 0 Å². The summed E-state index contributed by atoms with van der Waals surface area (Å²) in [4.78, 5) is 15.1. The first-order valence-electron chi connectivity index (χ1n) is 6.90. The molecular weight excluding hydrogens is 296 g/mol. The number of benzene rings is 2. The Morgan fingerprint density at radius 2 is 1.74 bits per heavy atom. The maximum Gasteiger partial charge on any atom is 0.270 e. The Labute approximate surface area is 132 Å². The van der Waals surface area contributed by atoms with Crippen LogP contribution in [0.2, 0.25) is 0 Å². The summed E-state index contributed by atoms with van der Waals surface area (Å²) in [5, 5.41) is 11.7. The highest BCUT2D eigenvalue weighted by molar-refractivity contribution is 5.91. The number of rotatable bonds is 4. The molecule has 0 N–H and O–H groups in total. The van der Waals surface area contributed by atoms with Crippen molar-refractivity contribution in [2.75, 3.05) is 14.2 Å². The molecule has 0 unspecified atom stereocenters. The molecule has 3 rings (SSSR count). The first-order chi connectivity index (χ1) is 11.1. The van der Waals surface area contributed by atoms with Gasteiger partial charge in [-0.2, -0.15) is 0 Å². The van der Waals surface area contributed by atoms with Crippen molar-refractivity contribution >= 4 is 16.6 Å². The van der Waals surface area contributed by atoms with Gasteiger partial charge in [0.05, 0.1) is 24.8 Å². The van der Waals surface area contributed by atoms with E-state index in [4.69, 9.17) is 9.47 Å². The fourth-order valence-corrected chi connectivity index (χ4v) is 2.45. The van der Waals surface area contributed by atoms with Gasteiger partial charge >= 0.3 is 0 Å². The van der Waals surface area contributed by atoms with Gasteiger partial charge in [0.25, 0.3) is 5.69 Å². The quantitative estimate of drug-likeness (QED) is 0.541. The van der Waals surface area contributed by atoms with Crippen molar-refractivity contribution in [1.29, 1.82) is 0 Å². The third kappa shape index (κ3) is 2.66. The molecule has 0 fully saturated rings. The molecule has 2 aromatic carbocycles. The molecule has 0 amide bonds. The van der Waals surface area contributed by atoms with Gasteiger partial charge in [0.2, 0.25) is 0 Å². The molecule has 0 atom stereocenters.